The molecule has 9 heteroatoms. The van der Waals surface area contributed by atoms with Crippen molar-refractivity contribution >= 4 is 24.2 Å². The number of ether oxygens (including phenoxy) is 2. The molecule has 1 aromatic heterocycles. The van der Waals surface area contributed by atoms with E-state index in [1.165, 1.54) is 7.11 Å². The largest absolute Gasteiger partial charge is 0.465 e. The number of aryl methyl sites for hydroxylation is 1. The van der Waals surface area contributed by atoms with Crippen LogP contribution in [-0.2, 0) is 27.9 Å². The predicted octanol–water partition coefficient (Wildman–Crippen LogP) is 2.73. The molecule has 3 rings (SSSR count). The van der Waals surface area contributed by atoms with Crippen LogP contribution in [0, 0.1) is 0 Å². The van der Waals surface area contributed by atoms with Crippen molar-refractivity contribution in [2.75, 3.05) is 7.11 Å². The molecular formula is C25H31N5O4. The molecular weight excluding hydrogens is 434 g/mol. The third-order valence-corrected chi connectivity index (χ3v) is 5.79. The molecule has 180 valence electrons. The first kappa shape index (κ1) is 24.9. The normalized spacial score (nSPS) is 18.9. The Balaban J connectivity index is 1.68. The van der Waals surface area contributed by atoms with Crippen molar-refractivity contribution in [3.05, 3.63) is 70.8 Å². The molecule has 1 aliphatic rings. The maximum absolute atomic E-state index is 13.1. The molecule has 0 bridgehead atoms. The summed E-state index contributed by atoms with van der Waals surface area (Å²) < 4.78 is 12.6. The van der Waals surface area contributed by atoms with Gasteiger partial charge in [-0.05, 0) is 62.2 Å². The fraction of sp³-hybridized carbons (Fsp3) is 0.360. The highest BCUT2D eigenvalue weighted by Crippen LogP contribution is 2.25. The maximum atomic E-state index is 13.1. The molecule has 1 amide bonds. The van der Waals surface area contributed by atoms with Gasteiger partial charge in [-0.2, -0.15) is 5.10 Å². The number of aromatic nitrogens is 2. The molecule has 1 saturated carbocycles. The Kier molecular flexibility index (Phi) is 8.37. The van der Waals surface area contributed by atoms with Crippen molar-refractivity contribution in [2.24, 2.45) is 17.8 Å². The van der Waals surface area contributed by atoms with Gasteiger partial charge in [0.15, 0.2) is 0 Å². The van der Waals surface area contributed by atoms with Crippen molar-refractivity contribution in [3.8, 4) is 0 Å². The summed E-state index contributed by atoms with van der Waals surface area (Å²) in [5.74, 6) is -0.674. The monoisotopic (exact) mass is 465 g/mol. The number of aliphatic imine (C=N–C) groups is 1. The van der Waals surface area contributed by atoms with E-state index in [4.69, 9.17) is 15.2 Å². The SMILES string of the molecule is C=N/C(N)=C(\C=C(/C)c1cnn(C)c1)C(=O)N[C@H]1CCC[C@@H]1OCc1cccc(C(=O)OC)c1. The molecule has 34 heavy (non-hydrogen) atoms. The van der Waals surface area contributed by atoms with Crippen LogP contribution in [0.1, 0.15) is 47.7 Å². The molecule has 2 atom stereocenters. The van der Waals surface area contributed by atoms with Crippen molar-refractivity contribution < 1.29 is 19.1 Å². The summed E-state index contributed by atoms with van der Waals surface area (Å²) in [5, 5.41) is 7.22. The molecule has 1 heterocycles. The Labute approximate surface area is 199 Å². The number of benzene rings is 1. The number of carbonyl (C=O) groups excluding carboxylic acids is 2. The number of nitrogens with zero attached hydrogens (tertiary/aromatic N) is 3. The summed E-state index contributed by atoms with van der Waals surface area (Å²) in [6, 6.07) is 6.95. The molecule has 2 aromatic rings. The van der Waals surface area contributed by atoms with Gasteiger partial charge >= 0.3 is 5.97 Å². The second-order valence-corrected chi connectivity index (χ2v) is 8.24. The van der Waals surface area contributed by atoms with Gasteiger partial charge in [0.1, 0.15) is 5.82 Å². The van der Waals surface area contributed by atoms with E-state index < -0.39 is 5.97 Å². The number of carbonyl (C=O) groups is 2. The zero-order valence-corrected chi connectivity index (χ0v) is 19.8. The van der Waals surface area contributed by atoms with E-state index in [1.54, 1.807) is 35.2 Å². The van der Waals surface area contributed by atoms with E-state index in [2.05, 4.69) is 22.1 Å². The van der Waals surface area contributed by atoms with E-state index in [0.717, 1.165) is 36.0 Å². The van der Waals surface area contributed by atoms with Crippen molar-refractivity contribution in [2.45, 2.75) is 44.9 Å². The zero-order valence-electron chi connectivity index (χ0n) is 19.8. The van der Waals surface area contributed by atoms with Crippen molar-refractivity contribution in [3.63, 3.8) is 0 Å². The van der Waals surface area contributed by atoms with Crippen LogP contribution in [0.4, 0.5) is 0 Å². The Morgan fingerprint density at radius 1 is 1.35 bits per heavy atom. The lowest BCUT2D eigenvalue weighted by atomic mass is 10.1. The van der Waals surface area contributed by atoms with E-state index in [1.807, 2.05) is 26.2 Å². The Morgan fingerprint density at radius 3 is 2.82 bits per heavy atom. The molecule has 0 unspecified atom stereocenters. The number of rotatable bonds is 9. The van der Waals surface area contributed by atoms with E-state index >= 15 is 0 Å². The minimum Gasteiger partial charge on any atom is -0.465 e. The predicted molar refractivity (Wildman–Crippen MR) is 130 cm³/mol. The Hall–Kier alpha value is -3.72. The topological polar surface area (TPSA) is 121 Å². The molecule has 3 N–H and O–H groups in total. The van der Waals surface area contributed by atoms with Crippen LogP contribution in [0.15, 0.2) is 59.1 Å². The van der Waals surface area contributed by atoms with Gasteiger partial charge in [0.25, 0.3) is 5.91 Å². The smallest absolute Gasteiger partial charge is 0.337 e. The molecule has 1 fully saturated rings. The van der Waals surface area contributed by atoms with E-state index in [0.29, 0.717) is 12.2 Å². The van der Waals surface area contributed by atoms with Gasteiger partial charge in [0, 0.05) is 18.8 Å². The first-order chi connectivity index (χ1) is 16.3. The van der Waals surface area contributed by atoms with Crippen LogP contribution in [-0.4, -0.2) is 47.6 Å². The zero-order chi connectivity index (χ0) is 24.7. The van der Waals surface area contributed by atoms with Crippen LogP contribution >= 0.6 is 0 Å². The minimum atomic E-state index is -0.393. The lowest BCUT2D eigenvalue weighted by Crippen LogP contribution is -2.42. The van der Waals surface area contributed by atoms with Gasteiger partial charge in [-0.1, -0.05) is 12.1 Å². The fourth-order valence-corrected chi connectivity index (χ4v) is 3.91. The fourth-order valence-electron chi connectivity index (χ4n) is 3.91. The molecule has 1 aromatic carbocycles. The summed E-state index contributed by atoms with van der Waals surface area (Å²) in [4.78, 5) is 28.7. The molecule has 0 saturated heterocycles. The minimum absolute atomic E-state index is 0.0517. The molecule has 0 spiro atoms. The first-order valence-corrected chi connectivity index (χ1v) is 11.1. The van der Waals surface area contributed by atoms with Crippen molar-refractivity contribution in [1.29, 1.82) is 0 Å². The molecule has 1 aliphatic carbocycles. The Morgan fingerprint density at radius 2 is 2.15 bits per heavy atom. The van der Waals surface area contributed by atoms with Crippen LogP contribution in [0.25, 0.3) is 5.57 Å². The van der Waals surface area contributed by atoms with Crippen LogP contribution < -0.4 is 11.1 Å². The average molecular weight is 466 g/mol. The number of hydrogen-bond acceptors (Lipinski definition) is 7. The van der Waals surface area contributed by atoms with Gasteiger partial charge in [0.05, 0.1) is 43.2 Å². The number of amides is 1. The molecule has 9 nitrogen and oxygen atoms in total. The summed E-state index contributed by atoms with van der Waals surface area (Å²) in [6.07, 6.45) is 7.65. The summed E-state index contributed by atoms with van der Waals surface area (Å²) in [5.41, 5.74) is 9.27. The number of methoxy groups -OCH3 is 1. The number of esters is 1. The highest BCUT2D eigenvalue weighted by atomic mass is 16.5. The number of nitrogens with two attached hydrogens (primary N) is 1. The van der Waals surface area contributed by atoms with E-state index in [-0.39, 0.29) is 29.4 Å². The van der Waals surface area contributed by atoms with Crippen LogP contribution in [0.5, 0.6) is 0 Å². The van der Waals surface area contributed by atoms with Gasteiger partial charge < -0.3 is 20.5 Å². The number of hydrogen-bond donors (Lipinski definition) is 2. The lowest BCUT2D eigenvalue weighted by Gasteiger charge is -2.22. The second-order valence-electron chi connectivity index (χ2n) is 8.24. The van der Waals surface area contributed by atoms with Gasteiger partial charge in [-0.25, -0.2) is 9.79 Å². The number of allylic oxidation sites excluding steroid dienone is 1. The average Bonchev–Trinajstić information content (AvgIpc) is 3.48. The van der Waals surface area contributed by atoms with Gasteiger partial charge in [0.2, 0.25) is 0 Å². The van der Waals surface area contributed by atoms with Gasteiger partial charge in [-0.15, -0.1) is 0 Å². The highest BCUT2D eigenvalue weighted by molar-refractivity contribution is 5.99. The standard InChI is InChI=1S/C25H31N5O4/c1-16(19-13-28-30(3)14-19)11-20(23(26)27-2)24(31)29-21-9-6-10-22(21)34-15-17-7-5-8-18(12-17)25(32)33-4/h5,7-8,11-14,21-22H,2,6,9-10,15,26H2,1,3-4H3,(H,29,31)/b16-11+,23-20+/t21-,22-/m0/s1. The van der Waals surface area contributed by atoms with Crippen LogP contribution in [0.2, 0.25) is 0 Å². The first-order valence-electron chi connectivity index (χ1n) is 11.1. The second kappa shape index (κ2) is 11.4. The highest BCUT2D eigenvalue weighted by Gasteiger charge is 2.30. The summed E-state index contributed by atoms with van der Waals surface area (Å²) in [7, 11) is 3.17. The van der Waals surface area contributed by atoms with Crippen LogP contribution in [0.3, 0.4) is 0 Å². The summed E-state index contributed by atoms with van der Waals surface area (Å²) >= 11 is 0. The molecule has 0 aliphatic heterocycles. The third kappa shape index (κ3) is 6.20. The third-order valence-electron chi connectivity index (χ3n) is 5.79. The lowest BCUT2D eigenvalue weighted by molar-refractivity contribution is -0.119. The van der Waals surface area contributed by atoms with Crippen molar-refractivity contribution in [1.82, 2.24) is 15.1 Å². The Bertz CT molecular complexity index is 1120. The van der Waals surface area contributed by atoms with E-state index in [9.17, 15) is 9.59 Å². The maximum Gasteiger partial charge on any atom is 0.337 e. The molecule has 0 radical (unpaired) electrons. The number of nitrogens with one attached hydrogen (secondary N) is 1. The summed E-state index contributed by atoms with van der Waals surface area (Å²) in [6.45, 7) is 5.67. The van der Waals surface area contributed by atoms with Gasteiger partial charge in [-0.3, -0.25) is 9.48 Å². The quantitative estimate of drug-likeness (QED) is 0.254.